The number of guanidine groups is 1. The molecule has 1 saturated heterocycles. The van der Waals surface area contributed by atoms with Crippen LogP contribution in [0.1, 0.15) is 38.7 Å². The molecule has 2 rings (SSSR count). The van der Waals surface area contributed by atoms with Gasteiger partial charge in [0.1, 0.15) is 0 Å². The lowest BCUT2D eigenvalue weighted by atomic mass is 9.84. The Hall–Kier alpha value is -1.75. The summed E-state index contributed by atoms with van der Waals surface area (Å²) in [5.41, 5.74) is 6.34. The smallest absolute Gasteiger partial charge is 0.217 e. The molecular formula is C19H29ClN4O. The normalized spacial score (nSPS) is 19.0. The maximum atomic E-state index is 11.2. The molecule has 1 aliphatic heterocycles. The van der Waals surface area contributed by atoms with Crippen LogP contribution >= 0.6 is 11.6 Å². The lowest BCUT2D eigenvalue weighted by molar-refractivity contribution is -0.119. The lowest BCUT2D eigenvalue weighted by Crippen LogP contribution is -2.49. The molecule has 5 nitrogen and oxygen atoms in total. The predicted molar refractivity (Wildman–Crippen MR) is 104 cm³/mol. The number of piperidine rings is 1. The number of likely N-dealkylation sites (tertiary alicyclic amines) is 1. The average Bonchev–Trinajstić information content (AvgIpc) is 2.55. The number of carbonyl (C=O) groups is 1. The average molecular weight is 365 g/mol. The second kappa shape index (κ2) is 8.56. The molecule has 1 atom stereocenters. The van der Waals surface area contributed by atoms with Crippen molar-refractivity contribution in [2.75, 3.05) is 26.7 Å². The van der Waals surface area contributed by atoms with Crippen LogP contribution in [0.3, 0.4) is 0 Å². The van der Waals surface area contributed by atoms with E-state index in [-0.39, 0.29) is 11.3 Å². The van der Waals surface area contributed by atoms with Crippen molar-refractivity contribution in [3.8, 4) is 0 Å². The minimum Gasteiger partial charge on any atom is -0.370 e. The van der Waals surface area contributed by atoms with Crippen LogP contribution in [0.15, 0.2) is 29.3 Å². The van der Waals surface area contributed by atoms with Gasteiger partial charge >= 0.3 is 0 Å². The number of nitrogens with one attached hydrogen (secondary N) is 1. The van der Waals surface area contributed by atoms with E-state index in [0.717, 1.165) is 49.0 Å². The van der Waals surface area contributed by atoms with Crippen LogP contribution in [-0.2, 0) is 10.2 Å². The summed E-state index contributed by atoms with van der Waals surface area (Å²) in [5, 5.41) is 4.26. The maximum Gasteiger partial charge on any atom is 0.217 e. The number of halogens is 1. The van der Waals surface area contributed by atoms with E-state index in [0.29, 0.717) is 12.3 Å². The molecule has 1 heterocycles. The Morgan fingerprint density at radius 1 is 1.44 bits per heavy atom. The number of amides is 1. The molecule has 0 radical (unpaired) electrons. The van der Waals surface area contributed by atoms with Gasteiger partial charge in [-0.05, 0) is 30.4 Å². The van der Waals surface area contributed by atoms with Crippen LogP contribution in [-0.4, -0.2) is 43.4 Å². The Morgan fingerprint density at radius 2 is 2.16 bits per heavy atom. The quantitative estimate of drug-likeness (QED) is 0.623. The van der Waals surface area contributed by atoms with Gasteiger partial charge in [0, 0.05) is 43.5 Å². The first-order valence-electron chi connectivity index (χ1n) is 8.82. The summed E-state index contributed by atoms with van der Waals surface area (Å²) in [6, 6.07) is 7.95. The molecule has 1 aromatic rings. The number of nitrogens with zero attached hydrogens (tertiary/aromatic N) is 2. The zero-order chi connectivity index (χ0) is 18.4. The molecule has 0 aromatic heterocycles. The number of primary amides is 1. The summed E-state index contributed by atoms with van der Waals surface area (Å²) < 4.78 is 0. The van der Waals surface area contributed by atoms with E-state index < -0.39 is 0 Å². The highest BCUT2D eigenvalue weighted by Gasteiger charge is 2.27. The van der Waals surface area contributed by atoms with E-state index in [9.17, 15) is 4.79 Å². The standard InChI is InChI=1S/C19H29ClN4O/c1-19(2,15-8-4-5-9-16(15)20)13-23-18(22-3)24-10-6-7-14(12-24)11-17(21)25/h4-5,8-9,14H,6-7,10-13H2,1-3H3,(H2,21,25)(H,22,23). The molecule has 1 amide bonds. The van der Waals surface area contributed by atoms with Gasteiger partial charge < -0.3 is 16.0 Å². The molecule has 6 heteroatoms. The molecule has 3 N–H and O–H groups in total. The number of carbonyl (C=O) groups excluding carboxylic acids is 1. The van der Waals surface area contributed by atoms with Crippen LogP contribution in [0.2, 0.25) is 5.02 Å². The van der Waals surface area contributed by atoms with Crippen molar-refractivity contribution in [3.63, 3.8) is 0 Å². The van der Waals surface area contributed by atoms with Crippen molar-refractivity contribution in [2.45, 2.75) is 38.5 Å². The van der Waals surface area contributed by atoms with Gasteiger partial charge in [0.2, 0.25) is 5.91 Å². The predicted octanol–water partition coefficient (Wildman–Crippen LogP) is 2.78. The number of nitrogens with two attached hydrogens (primary N) is 1. The molecule has 1 fully saturated rings. The minimum absolute atomic E-state index is 0.128. The van der Waals surface area contributed by atoms with E-state index in [1.165, 1.54) is 0 Å². The van der Waals surface area contributed by atoms with Crippen LogP contribution in [0, 0.1) is 5.92 Å². The number of aliphatic imine (C=N–C) groups is 1. The van der Waals surface area contributed by atoms with Crippen molar-refractivity contribution < 1.29 is 4.79 Å². The van der Waals surface area contributed by atoms with Gasteiger partial charge in [-0.2, -0.15) is 0 Å². The maximum absolute atomic E-state index is 11.2. The summed E-state index contributed by atoms with van der Waals surface area (Å²) >= 11 is 6.36. The van der Waals surface area contributed by atoms with Gasteiger partial charge in [-0.15, -0.1) is 0 Å². The first-order chi connectivity index (χ1) is 11.8. The molecule has 138 valence electrons. The third-order valence-corrected chi connectivity index (χ3v) is 5.14. The highest BCUT2D eigenvalue weighted by atomic mass is 35.5. The van der Waals surface area contributed by atoms with Crippen molar-refractivity contribution in [1.29, 1.82) is 0 Å². The summed E-state index contributed by atoms with van der Waals surface area (Å²) in [6.45, 7) is 6.82. The fourth-order valence-corrected chi connectivity index (χ4v) is 3.84. The van der Waals surface area contributed by atoms with Crippen molar-refractivity contribution in [3.05, 3.63) is 34.9 Å². The molecule has 0 aliphatic carbocycles. The second-order valence-corrected chi connectivity index (χ2v) is 7.80. The van der Waals surface area contributed by atoms with Crippen LogP contribution < -0.4 is 11.1 Å². The van der Waals surface area contributed by atoms with Gasteiger partial charge in [0.25, 0.3) is 0 Å². The fraction of sp³-hybridized carbons (Fsp3) is 0.579. The van der Waals surface area contributed by atoms with Gasteiger partial charge in [-0.3, -0.25) is 9.79 Å². The van der Waals surface area contributed by atoms with Gasteiger partial charge in [-0.1, -0.05) is 43.6 Å². The van der Waals surface area contributed by atoms with E-state index in [1.807, 2.05) is 18.2 Å². The minimum atomic E-state index is -0.227. The van der Waals surface area contributed by atoms with E-state index in [1.54, 1.807) is 7.05 Å². The summed E-state index contributed by atoms with van der Waals surface area (Å²) in [6.07, 6.45) is 2.53. The molecule has 25 heavy (non-hydrogen) atoms. The largest absolute Gasteiger partial charge is 0.370 e. The van der Waals surface area contributed by atoms with Crippen molar-refractivity contribution in [2.24, 2.45) is 16.6 Å². The SMILES string of the molecule is CN=C(NCC(C)(C)c1ccccc1Cl)N1CCCC(CC(N)=O)C1. The first kappa shape index (κ1) is 19.6. The van der Waals surface area contributed by atoms with Crippen LogP contribution in [0.5, 0.6) is 0 Å². The Labute approximate surface area is 155 Å². The Bertz CT molecular complexity index is 630. The third kappa shape index (κ3) is 5.36. The Morgan fingerprint density at radius 3 is 2.80 bits per heavy atom. The molecule has 1 aliphatic rings. The zero-order valence-corrected chi connectivity index (χ0v) is 16.1. The highest BCUT2D eigenvalue weighted by Crippen LogP contribution is 2.29. The van der Waals surface area contributed by atoms with Gasteiger partial charge in [0.15, 0.2) is 5.96 Å². The third-order valence-electron chi connectivity index (χ3n) is 4.81. The van der Waals surface area contributed by atoms with Gasteiger partial charge in [-0.25, -0.2) is 0 Å². The first-order valence-corrected chi connectivity index (χ1v) is 9.20. The number of benzene rings is 1. The highest BCUT2D eigenvalue weighted by molar-refractivity contribution is 6.31. The van der Waals surface area contributed by atoms with E-state index in [2.05, 4.69) is 35.1 Å². The Kier molecular flexibility index (Phi) is 6.71. The zero-order valence-electron chi connectivity index (χ0n) is 15.4. The van der Waals surface area contributed by atoms with Crippen LogP contribution in [0.4, 0.5) is 0 Å². The Balaban J connectivity index is 2.00. The molecule has 0 spiro atoms. The topological polar surface area (TPSA) is 70.7 Å². The molecular weight excluding hydrogens is 336 g/mol. The van der Waals surface area contributed by atoms with E-state index in [4.69, 9.17) is 17.3 Å². The molecule has 0 bridgehead atoms. The van der Waals surface area contributed by atoms with E-state index >= 15 is 0 Å². The van der Waals surface area contributed by atoms with Gasteiger partial charge in [0.05, 0.1) is 0 Å². The molecule has 0 saturated carbocycles. The molecule has 1 aromatic carbocycles. The number of hydrogen-bond donors (Lipinski definition) is 2. The van der Waals surface area contributed by atoms with Crippen molar-refractivity contribution >= 4 is 23.5 Å². The summed E-state index contributed by atoms with van der Waals surface area (Å²) in [5.74, 6) is 0.949. The monoisotopic (exact) mass is 364 g/mol. The lowest BCUT2D eigenvalue weighted by Gasteiger charge is -2.36. The number of rotatable bonds is 5. The second-order valence-electron chi connectivity index (χ2n) is 7.39. The van der Waals surface area contributed by atoms with Crippen LogP contribution in [0.25, 0.3) is 0 Å². The summed E-state index contributed by atoms with van der Waals surface area (Å²) in [7, 11) is 1.79. The fourth-order valence-electron chi connectivity index (χ4n) is 3.45. The number of hydrogen-bond acceptors (Lipinski definition) is 2. The van der Waals surface area contributed by atoms with Crippen molar-refractivity contribution in [1.82, 2.24) is 10.2 Å². The summed E-state index contributed by atoms with van der Waals surface area (Å²) in [4.78, 5) is 17.9. The molecule has 1 unspecified atom stereocenters.